The molecule has 0 spiro atoms. The Labute approximate surface area is 106 Å². The van der Waals surface area contributed by atoms with Crippen LogP contribution >= 0.6 is 0 Å². The van der Waals surface area contributed by atoms with Crippen molar-refractivity contribution in [2.45, 2.75) is 25.8 Å². The van der Waals surface area contributed by atoms with E-state index in [1.165, 1.54) is 5.57 Å². The van der Waals surface area contributed by atoms with E-state index in [4.69, 9.17) is 0 Å². The molecule has 17 heavy (non-hydrogen) atoms. The second kappa shape index (κ2) is 6.77. The van der Waals surface area contributed by atoms with Crippen molar-refractivity contribution in [2.24, 2.45) is 0 Å². The average molecular weight is 234 g/mol. The smallest absolute Gasteiger partial charge is 0.0306 e. The fourth-order valence-corrected chi connectivity index (χ4v) is 2.30. The lowest BCUT2D eigenvalue weighted by atomic mass is 9.99. The Morgan fingerprint density at radius 2 is 1.82 bits per heavy atom. The molecule has 0 amide bonds. The number of allylic oxidation sites excluding steroid dienone is 2. The summed E-state index contributed by atoms with van der Waals surface area (Å²) in [7, 11) is 2.19. The standard InChI is InChI=1S/C15H26N2/c1-6-14(4)7-8-15(13(2)3)17-11-9-16(5)10-12-17/h6,15H,1-2,4,7-12H2,3,5H3. The highest BCUT2D eigenvalue weighted by molar-refractivity contribution is 5.13. The number of hydrogen-bond acceptors (Lipinski definition) is 2. The summed E-state index contributed by atoms with van der Waals surface area (Å²) < 4.78 is 0. The lowest BCUT2D eigenvalue weighted by Crippen LogP contribution is -2.49. The molecule has 1 fully saturated rings. The number of piperazine rings is 1. The number of hydrogen-bond donors (Lipinski definition) is 0. The third-order valence-corrected chi connectivity index (χ3v) is 3.58. The van der Waals surface area contributed by atoms with E-state index < -0.39 is 0 Å². The number of nitrogens with zero attached hydrogens (tertiary/aromatic N) is 2. The first-order valence-corrected chi connectivity index (χ1v) is 6.42. The summed E-state index contributed by atoms with van der Waals surface area (Å²) in [6.45, 7) is 18.6. The predicted molar refractivity (Wildman–Crippen MR) is 76.2 cm³/mol. The van der Waals surface area contributed by atoms with Crippen molar-refractivity contribution in [2.75, 3.05) is 33.2 Å². The van der Waals surface area contributed by atoms with Gasteiger partial charge >= 0.3 is 0 Å². The molecular formula is C15H26N2. The van der Waals surface area contributed by atoms with Crippen molar-refractivity contribution in [3.05, 3.63) is 37.0 Å². The maximum atomic E-state index is 4.14. The molecule has 1 saturated heterocycles. The third-order valence-electron chi connectivity index (χ3n) is 3.58. The van der Waals surface area contributed by atoms with Crippen molar-refractivity contribution in [1.29, 1.82) is 0 Å². The van der Waals surface area contributed by atoms with Gasteiger partial charge in [0.1, 0.15) is 0 Å². The van der Waals surface area contributed by atoms with Crippen LogP contribution in [-0.2, 0) is 0 Å². The Kier molecular flexibility index (Phi) is 5.66. The molecule has 2 nitrogen and oxygen atoms in total. The summed E-state index contributed by atoms with van der Waals surface area (Å²) in [5.74, 6) is 0. The van der Waals surface area contributed by atoms with Gasteiger partial charge in [-0.1, -0.05) is 37.0 Å². The molecule has 0 saturated carbocycles. The second-order valence-electron chi connectivity index (χ2n) is 5.10. The molecule has 0 aromatic heterocycles. The molecule has 0 radical (unpaired) electrons. The number of rotatable bonds is 6. The maximum absolute atomic E-state index is 4.14. The van der Waals surface area contributed by atoms with E-state index in [-0.39, 0.29) is 0 Å². The van der Waals surface area contributed by atoms with Crippen molar-refractivity contribution < 1.29 is 0 Å². The zero-order chi connectivity index (χ0) is 12.8. The molecular weight excluding hydrogens is 208 g/mol. The average Bonchev–Trinajstić information content (AvgIpc) is 2.31. The van der Waals surface area contributed by atoms with Gasteiger partial charge in [-0.15, -0.1) is 0 Å². The zero-order valence-corrected chi connectivity index (χ0v) is 11.4. The van der Waals surface area contributed by atoms with Gasteiger partial charge < -0.3 is 4.90 Å². The summed E-state index contributed by atoms with van der Waals surface area (Å²) >= 11 is 0. The van der Waals surface area contributed by atoms with Gasteiger partial charge in [0.2, 0.25) is 0 Å². The fraction of sp³-hybridized carbons (Fsp3) is 0.600. The highest BCUT2D eigenvalue weighted by Gasteiger charge is 2.22. The molecule has 2 heteroatoms. The van der Waals surface area contributed by atoms with Crippen LogP contribution in [0.2, 0.25) is 0 Å². The molecule has 96 valence electrons. The van der Waals surface area contributed by atoms with Crippen LogP contribution in [0.15, 0.2) is 37.0 Å². The summed E-state index contributed by atoms with van der Waals surface area (Å²) in [6.07, 6.45) is 4.00. The Balaban J connectivity index is 2.50. The summed E-state index contributed by atoms with van der Waals surface area (Å²) in [4.78, 5) is 4.94. The van der Waals surface area contributed by atoms with Crippen LogP contribution in [0, 0.1) is 0 Å². The topological polar surface area (TPSA) is 6.48 Å². The Morgan fingerprint density at radius 1 is 1.24 bits per heavy atom. The van der Waals surface area contributed by atoms with Crippen molar-refractivity contribution in [3.8, 4) is 0 Å². The first-order valence-electron chi connectivity index (χ1n) is 6.42. The van der Waals surface area contributed by atoms with E-state index in [1.54, 1.807) is 0 Å². The first-order chi connectivity index (χ1) is 8.04. The van der Waals surface area contributed by atoms with Crippen molar-refractivity contribution in [1.82, 2.24) is 9.80 Å². The van der Waals surface area contributed by atoms with Crippen molar-refractivity contribution >= 4 is 0 Å². The van der Waals surface area contributed by atoms with E-state index in [0.717, 1.165) is 44.6 Å². The SMILES string of the molecule is C=CC(=C)CCC(C(=C)C)N1CCN(C)CC1. The monoisotopic (exact) mass is 234 g/mol. The van der Waals surface area contributed by atoms with E-state index in [9.17, 15) is 0 Å². The van der Waals surface area contributed by atoms with Gasteiger partial charge in [-0.2, -0.15) is 0 Å². The molecule has 0 aromatic rings. The van der Waals surface area contributed by atoms with Crippen LogP contribution in [0.1, 0.15) is 19.8 Å². The quantitative estimate of drug-likeness (QED) is 0.515. The minimum atomic E-state index is 0.500. The molecule has 0 N–H and O–H groups in total. The van der Waals surface area contributed by atoms with Crippen LogP contribution in [0.5, 0.6) is 0 Å². The third kappa shape index (κ3) is 4.49. The molecule has 1 unspecified atom stereocenters. The summed E-state index contributed by atoms with van der Waals surface area (Å²) in [5.41, 5.74) is 2.40. The molecule has 0 aromatic carbocycles. The van der Waals surface area contributed by atoms with Gasteiger partial charge in [-0.25, -0.2) is 0 Å². The van der Waals surface area contributed by atoms with Gasteiger partial charge in [0.25, 0.3) is 0 Å². The van der Waals surface area contributed by atoms with Gasteiger partial charge in [0, 0.05) is 32.2 Å². The van der Waals surface area contributed by atoms with Gasteiger partial charge in [-0.05, 0) is 26.8 Å². The van der Waals surface area contributed by atoms with Crippen LogP contribution < -0.4 is 0 Å². The van der Waals surface area contributed by atoms with Crippen molar-refractivity contribution in [3.63, 3.8) is 0 Å². The molecule has 1 atom stereocenters. The highest BCUT2D eigenvalue weighted by atomic mass is 15.3. The fourth-order valence-electron chi connectivity index (χ4n) is 2.30. The molecule has 0 aliphatic carbocycles. The summed E-state index contributed by atoms with van der Waals surface area (Å²) in [6, 6.07) is 0.500. The number of likely N-dealkylation sites (N-methyl/N-ethyl adjacent to an activating group) is 1. The first kappa shape index (κ1) is 14.2. The molecule has 1 rings (SSSR count). The van der Waals surface area contributed by atoms with Crippen LogP contribution in [0.25, 0.3) is 0 Å². The molecule has 1 heterocycles. The van der Waals surface area contributed by atoms with Gasteiger partial charge in [0.15, 0.2) is 0 Å². The van der Waals surface area contributed by atoms with E-state index >= 15 is 0 Å². The minimum Gasteiger partial charge on any atom is -0.304 e. The Bertz CT molecular complexity index is 285. The predicted octanol–water partition coefficient (Wildman–Crippen LogP) is 2.70. The van der Waals surface area contributed by atoms with Gasteiger partial charge in [-0.3, -0.25) is 4.90 Å². The second-order valence-corrected chi connectivity index (χ2v) is 5.10. The minimum absolute atomic E-state index is 0.500. The maximum Gasteiger partial charge on any atom is 0.0306 e. The Morgan fingerprint density at radius 3 is 2.29 bits per heavy atom. The summed E-state index contributed by atoms with van der Waals surface area (Å²) in [5, 5.41) is 0. The lowest BCUT2D eigenvalue weighted by molar-refractivity contribution is 0.122. The zero-order valence-electron chi connectivity index (χ0n) is 11.4. The normalized spacial score (nSPS) is 19.9. The largest absolute Gasteiger partial charge is 0.304 e. The Hall–Kier alpha value is -0.860. The van der Waals surface area contributed by atoms with E-state index in [1.807, 2.05) is 6.08 Å². The molecule has 0 bridgehead atoms. The van der Waals surface area contributed by atoms with E-state index in [2.05, 4.69) is 43.5 Å². The highest BCUT2D eigenvalue weighted by Crippen LogP contribution is 2.19. The lowest BCUT2D eigenvalue weighted by Gasteiger charge is -2.38. The van der Waals surface area contributed by atoms with Crippen LogP contribution in [-0.4, -0.2) is 49.1 Å². The molecule has 1 aliphatic rings. The van der Waals surface area contributed by atoms with Crippen LogP contribution in [0.4, 0.5) is 0 Å². The van der Waals surface area contributed by atoms with E-state index in [0.29, 0.717) is 6.04 Å². The van der Waals surface area contributed by atoms with Crippen LogP contribution in [0.3, 0.4) is 0 Å². The van der Waals surface area contributed by atoms with Gasteiger partial charge in [0.05, 0.1) is 0 Å². The molecule has 1 aliphatic heterocycles.